The number of hydrogen-bond acceptors (Lipinski definition) is 7. The summed E-state index contributed by atoms with van der Waals surface area (Å²) in [6, 6.07) is 15.1. The van der Waals surface area contributed by atoms with Gasteiger partial charge < -0.3 is 9.26 Å². The lowest BCUT2D eigenvalue weighted by Gasteiger charge is -2.28. The topological polar surface area (TPSA) is 71.7 Å². The first-order valence-electron chi connectivity index (χ1n) is 10.8. The Kier molecular flexibility index (Phi) is 7.85. The molecule has 2 aromatic carbocycles. The number of benzene rings is 2. The SMILES string of the molecule is Cc1ccc(Cl)c2sc(N(CCN3CCOCC3)C(=O)c3cc(-c4ccccc4)on3)nc12.Cl. The molecule has 5 rings (SSSR count). The van der Waals surface area contributed by atoms with Crippen molar-refractivity contribution in [2.24, 2.45) is 0 Å². The molecule has 1 fully saturated rings. The zero-order chi connectivity index (χ0) is 22.8. The molecule has 0 spiro atoms. The van der Waals surface area contributed by atoms with Crippen LogP contribution in [0.2, 0.25) is 5.02 Å². The normalized spacial score (nSPS) is 14.2. The number of thiazole rings is 1. The van der Waals surface area contributed by atoms with Crippen LogP contribution in [-0.2, 0) is 4.74 Å². The zero-order valence-corrected chi connectivity index (χ0v) is 21.0. The monoisotopic (exact) mass is 518 g/mol. The van der Waals surface area contributed by atoms with Crippen molar-refractivity contribution in [1.29, 1.82) is 0 Å². The Bertz CT molecular complexity index is 1230. The molecule has 7 nitrogen and oxygen atoms in total. The summed E-state index contributed by atoms with van der Waals surface area (Å²) in [7, 11) is 0. The van der Waals surface area contributed by atoms with Crippen LogP contribution in [-0.4, -0.2) is 60.3 Å². The fourth-order valence-corrected chi connectivity index (χ4v) is 5.15. The van der Waals surface area contributed by atoms with Gasteiger partial charge >= 0.3 is 0 Å². The first-order valence-corrected chi connectivity index (χ1v) is 12.0. The summed E-state index contributed by atoms with van der Waals surface area (Å²) in [5, 5.41) is 5.31. The quantitative estimate of drug-likeness (QED) is 0.344. The average molecular weight is 519 g/mol. The number of aryl methyl sites for hydroxylation is 1. The summed E-state index contributed by atoms with van der Waals surface area (Å²) >= 11 is 7.85. The van der Waals surface area contributed by atoms with Gasteiger partial charge in [-0.25, -0.2) is 4.98 Å². The zero-order valence-electron chi connectivity index (χ0n) is 18.6. The van der Waals surface area contributed by atoms with Crippen LogP contribution in [0.4, 0.5) is 5.13 Å². The second-order valence-corrected chi connectivity index (χ2v) is 9.28. The smallest absolute Gasteiger partial charge is 0.282 e. The molecule has 178 valence electrons. The molecule has 1 aliphatic heterocycles. The van der Waals surface area contributed by atoms with Crippen molar-refractivity contribution < 1.29 is 14.1 Å². The molecule has 2 aromatic heterocycles. The van der Waals surface area contributed by atoms with Crippen LogP contribution < -0.4 is 4.90 Å². The van der Waals surface area contributed by atoms with Crippen molar-refractivity contribution in [3.63, 3.8) is 0 Å². The number of morpholine rings is 1. The van der Waals surface area contributed by atoms with E-state index in [1.807, 2.05) is 49.4 Å². The molecule has 0 aliphatic carbocycles. The molecular formula is C24H24Cl2N4O3S. The molecule has 1 aliphatic rings. The maximum absolute atomic E-state index is 13.6. The molecule has 0 saturated carbocycles. The summed E-state index contributed by atoms with van der Waals surface area (Å²) in [6.07, 6.45) is 0. The van der Waals surface area contributed by atoms with E-state index in [2.05, 4.69) is 10.1 Å². The Hall–Kier alpha value is -2.49. The number of carbonyl (C=O) groups excluding carboxylic acids is 1. The summed E-state index contributed by atoms with van der Waals surface area (Å²) in [5.74, 6) is 0.303. The van der Waals surface area contributed by atoms with Gasteiger partial charge in [-0.15, -0.1) is 12.4 Å². The highest BCUT2D eigenvalue weighted by molar-refractivity contribution is 7.23. The third-order valence-electron chi connectivity index (χ3n) is 5.69. The minimum absolute atomic E-state index is 0. The first kappa shape index (κ1) is 24.6. The number of rotatable bonds is 6. The van der Waals surface area contributed by atoms with Gasteiger partial charge in [0.2, 0.25) is 0 Å². The van der Waals surface area contributed by atoms with Crippen molar-refractivity contribution in [3.05, 3.63) is 64.8 Å². The van der Waals surface area contributed by atoms with Crippen molar-refractivity contribution in [2.75, 3.05) is 44.3 Å². The van der Waals surface area contributed by atoms with Gasteiger partial charge in [0.15, 0.2) is 16.6 Å². The van der Waals surface area contributed by atoms with E-state index >= 15 is 0 Å². The molecular weight excluding hydrogens is 495 g/mol. The van der Waals surface area contributed by atoms with Crippen LogP contribution in [0.15, 0.2) is 53.1 Å². The standard InChI is InChI=1S/C24H23ClN4O3S.ClH/c1-16-7-8-18(25)22-21(16)26-24(33-22)29(10-9-28-11-13-31-14-12-28)23(30)19-15-20(32-27-19)17-5-3-2-4-6-17;/h2-8,15H,9-14H2,1H3;1H. The lowest BCUT2D eigenvalue weighted by Crippen LogP contribution is -2.43. The molecule has 0 N–H and O–H groups in total. The van der Waals surface area contributed by atoms with Gasteiger partial charge in [0.1, 0.15) is 0 Å². The number of fused-ring (bicyclic) bond motifs is 1. The van der Waals surface area contributed by atoms with Crippen LogP contribution in [0, 0.1) is 6.92 Å². The van der Waals surface area contributed by atoms with E-state index in [4.69, 9.17) is 25.8 Å². The highest BCUT2D eigenvalue weighted by Crippen LogP contribution is 2.36. The van der Waals surface area contributed by atoms with Crippen molar-refractivity contribution >= 4 is 56.6 Å². The molecule has 1 saturated heterocycles. The molecule has 4 aromatic rings. The minimum atomic E-state index is -0.248. The minimum Gasteiger partial charge on any atom is -0.379 e. The lowest BCUT2D eigenvalue weighted by molar-refractivity contribution is 0.0391. The molecule has 10 heteroatoms. The van der Waals surface area contributed by atoms with Crippen LogP contribution in [0.3, 0.4) is 0 Å². The van der Waals surface area contributed by atoms with Gasteiger partial charge in [0.25, 0.3) is 5.91 Å². The number of ether oxygens (including phenoxy) is 1. The van der Waals surface area contributed by atoms with Crippen LogP contribution in [0.1, 0.15) is 16.1 Å². The molecule has 34 heavy (non-hydrogen) atoms. The number of anilines is 1. The Morgan fingerprint density at radius 2 is 1.94 bits per heavy atom. The maximum atomic E-state index is 13.6. The van der Waals surface area contributed by atoms with Crippen LogP contribution in [0.25, 0.3) is 21.5 Å². The van der Waals surface area contributed by atoms with Gasteiger partial charge in [0.05, 0.1) is 28.5 Å². The number of halogens is 2. The van der Waals surface area contributed by atoms with E-state index in [-0.39, 0.29) is 24.0 Å². The van der Waals surface area contributed by atoms with E-state index in [0.29, 0.717) is 42.2 Å². The highest BCUT2D eigenvalue weighted by Gasteiger charge is 2.26. The predicted octanol–water partition coefficient (Wildman–Crippen LogP) is 5.31. The fraction of sp³-hybridized carbons (Fsp3) is 0.292. The fourth-order valence-electron chi connectivity index (χ4n) is 3.81. The summed E-state index contributed by atoms with van der Waals surface area (Å²) < 4.78 is 11.8. The van der Waals surface area contributed by atoms with Gasteiger partial charge in [-0.1, -0.05) is 64.5 Å². The van der Waals surface area contributed by atoms with Crippen molar-refractivity contribution in [1.82, 2.24) is 15.0 Å². The third kappa shape index (κ3) is 5.11. The van der Waals surface area contributed by atoms with Crippen LogP contribution >= 0.6 is 35.3 Å². The molecule has 0 radical (unpaired) electrons. The Balaban J connectivity index is 0.00000274. The number of hydrogen-bond donors (Lipinski definition) is 0. The van der Waals surface area contributed by atoms with Gasteiger partial charge in [0, 0.05) is 37.8 Å². The van der Waals surface area contributed by atoms with E-state index < -0.39 is 0 Å². The molecule has 0 unspecified atom stereocenters. The second kappa shape index (κ2) is 10.8. The highest BCUT2D eigenvalue weighted by atomic mass is 35.5. The first-order chi connectivity index (χ1) is 16.1. The van der Waals surface area contributed by atoms with Crippen molar-refractivity contribution in [3.8, 4) is 11.3 Å². The van der Waals surface area contributed by atoms with Gasteiger partial charge in [-0.2, -0.15) is 0 Å². The Labute approximate surface area is 212 Å². The average Bonchev–Trinajstić information content (AvgIpc) is 3.52. The van der Waals surface area contributed by atoms with E-state index in [9.17, 15) is 4.79 Å². The van der Waals surface area contributed by atoms with E-state index in [1.165, 1.54) is 11.3 Å². The largest absolute Gasteiger partial charge is 0.379 e. The van der Waals surface area contributed by atoms with Crippen molar-refractivity contribution in [2.45, 2.75) is 6.92 Å². The van der Waals surface area contributed by atoms with E-state index in [1.54, 1.807) is 11.0 Å². The molecule has 1 amide bonds. The predicted molar refractivity (Wildman–Crippen MR) is 137 cm³/mol. The number of nitrogens with zero attached hydrogens (tertiary/aromatic N) is 4. The number of aromatic nitrogens is 2. The Morgan fingerprint density at radius 1 is 1.18 bits per heavy atom. The molecule has 0 atom stereocenters. The third-order valence-corrected chi connectivity index (χ3v) is 7.23. The summed E-state index contributed by atoms with van der Waals surface area (Å²) in [5.41, 5.74) is 2.95. The molecule has 3 heterocycles. The molecule has 0 bridgehead atoms. The summed E-state index contributed by atoms with van der Waals surface area (Å²) in [4.78, 5) is 22.4. The van der Waals surface area contributed by atoms with E-state index in [0.717, 1.165) is 34.4 Å². The van der Waals surface area contributed by atoms with Gasteiger partial charge in [-0.3, -0.25) is 14.6 Å². The Morgan fingerprint density at radius 3 is 2.68 bits per heavy atom. The van der Waals surface area contributed by atoms with Crippen LogP contribution in [0.5, 0.6) is 0 Å². The second-order valence-electron chi connectivity index (χ2n) is 7.89. The number of amides is 1. The van der Waals surface area contributed by atoms with Gasteiger partial charge in [-0.05, 0) is 18.6 Å². The number of carbonyl (C=O) groups is 1. The summed E-state index contributed by atoms with van der Waals surface area (Å²) in [6.45, 7) is 6.26. The lowest BCUT2D eigenvalue weighted by atomic mass is 10.1. The maximum Gasteiger partial charge on any atom is 0.282 e.